The molecule has 0 radical (unpaired) electrons. The van der Waals surface area contributed by atoms with Crippen molar-refractivity contribution in [3.8, 4) is 17.0 Å². The average Bonchev–Trinajstić information content (AvgIpc) is 3.48. The molecular formula is C23H24N4O2S2. The summed E-state index contributed by atoms with van der Waals surface area (Å²) in [6.07, 6.45) is 1.98. The van der Waals surface area contributed by atoms with Crippen LogP contribution in [0, 0.1) is 20.8 Å². The predicted molar refractivity (Wildman–Crippen MR) is 126 cm³/mol. The van der Waals surface area contributed by atoms with Gasteiger partial charge in [-0.1, -0.05) is 12.1 Å². The lowest BCUT2D eigenvalue weighted by Crippen LogP contribution is -2.09. The summed E-state index contributed by atoms with van der Waals surface area (Å²) in [6, 6.07) is 7.89. The number of anilines is 1. The van der Waals surface area contributed by atoms with Crippen LogP contribution in [0.3, 0.4) is 0 Å². The number of carbonyl (C=O) groups excluding carboxylic acids is 1. The van der Waals surface area contributed by atoms with Crippen LogP contribution in [0.4, 0.5) is 5.13 Å². The van der Waals surface area contributed by atoms with E-state index in [2.05, 4.69) is 28.4 Å². The molecule has 6 nitrogen and oxygen atoms in total. The first-order valence-electron chi connectivity index (χ1n) is 10.0. The third-order valence-electron chi connectivity index (χ3n) is 5.10. The summed E-state index contributed by atoms with van der Waals surface area (Å²) in [6.45, 7) is 9.36. The van der Waals surface area contributed by atoms with Gasteiger partial charge >= 0.3 is 0 Å². The summed E-state index contributed by atoms with van der Waals surface area (Å²) in [5.41, 5.74) is 6.04. The van der Waals surface area contributed by atoms with E-state index in [1.54, 1.807) is 0 Å². The number of benzene rings is 1. The van der Waals surface area contributed by atoms with Crippen LogP contribution >= 0.6 is 22.7 Å². The van der Waals surface area contributed by atoms with E-state index < -0.39 is 0 Å². The number of aryl methyl sites for hydroxylation is 3. The van der Waals surface area contributed by atoms with Gasteiger partial charge in [-0.2, -0.15) is 5.10 Å². The zero-order valence-corrected chi connectivity index (χ0v) is 19.6. The Morgan fingerprint density at radius 1 is 1.19 bits per heavy atom. The van der Waals surface area contributed by atoms with Gasteiger partial charge < -0.3 is 4.74 Å². The smallest absolute Gasteiger partial charge is 0.267 e. The Morgan fingerprint density at radius 3 is 2.81 bits per heavy atom. The van der Waals surface area contributed by atoms with Crippen molar-refractivity contribution < 1.29 is 9.53 Å². The third-order valence-corrected chi connectivity index (χ3v) is 6.83. The molecule has 1 amide bonds. The first-order chi connectivity index (χ1) is 14.9. The second-order valence-corrected chi connectivity index (χ2v) is 9.05. The Morgan fingerprint density at radius 2 is 2.03 bits per heavy atom. The summed E-state index contributed by atoms with van der Waals surface area (Å²) in [4.78, 5) is 17.9. The number of thiazole rings is 1. The van der Waals surface area contributed by atoms with Crippen molar-refractivity contribution in [2.45, 2.75) is 40.8 Å². The Kier molecular flexibility index (Phi) is 6.20. The highest BCUT2D eigenvalue weighted by atomic mass is 32.1. The number of thiophene rings is 1. The van der Waals surface area contributed by atoms with Crippen LogP contribution in [0.1, 0.15) is 39.0 Å². The molecule has 0 unspecified atom stereocenters. The fraction of sp³-hybridized carbons (Fsp3) is 0.261. The number of ether oxygens (including phenoxy) is 1. The monoisotopic (exact) mass is 452 g/mol. The molecule has 0 saturated carbocycles. The molecule has 0 aliphatic heterocycles. The zero-order valence-electron chi connectivity index (χ0n) is 17.9. The number of rotatable bonds is 7. The summed E-state index contributed by atoms with van der Waals surface area (Å²) >= 11 is 2.81. The highest BCUT2D eigenvalue weighted by molar-refractivity contribution is 7.14. The van der Waals surface area contributed by atoms with Crippen LogP contribution in [-0.4, -0.2) is 20.7 Å². The molecule has 160 valence electrons. The standard InChI is InChI=1S/C23H24N4O2S2/c1-5-27-10-18(16(4)26-27)19-13-31-23(24-19)25-22(28)21-9-17(12-30-21)11-29-20-8-6-7-14(2)15(20)3/h6-10,12-13H,5,11H2,1-4H3,(H,24,25,28). The lowest BCUT2D eigenvalue weighted by Gasteiger charge is -2.09. The topological polar surface area (TPSA) is 69.0 Å². The molecule has 0 spiro atoms. The molecule has 4 aromatic rings. The first-order valence-corrected chi connectivity index (χ1v) is 11.8. The van der Waals surface area contributed by atoms with E-state index in [0.29, 0.717) is 16.6 Å². The molecule has 3 aromatic heterocycles. The summed E-state index contributed by atoms with van der Waals surface area (Å²) in [7, 11) is 0. The van der Waals surface area contributed by atoms with Crippen molar-refractivity contribution in [1.29, 1.82) is 0 Å². The normalized spacial score (nSPS) is 11.0. The van der Waals surface area contributed by atoms with Crippen LogP contribution in [0.2, 0.25) is 0 Å². The maximum absolute atomic E-state index is 12.7. The molecule has 0 aliphatic rings. The molecule has 1 N–H and O–H groups in total. The van der Waals surface area contributed by atoms with Gasteiger partial charge in [0.15, 0.2) is 5.13 Å². The lowest BCUT2D eigenvalue weighted by molar-refractivity contribution is 0.103. The van der Waals surface area contributed by atoms with E-state index in [1.807, 2.05) is 60.6 Å². The van der Waals surface area contributed by atoms with E-state index >= 15 is 0 Å². The minimum atomic E-state index is -0.162. The molecule has 0 fully saturated rings. The molecule has 1 aromatic carbocycles. The van der Waals surface area contributed by atoms with E-state index in [9.17, 15) is 4.79 Å². The van der Waals surface area contributed by atoms with E-state index in [0.717, 1.165) is 40.4 Å². The predicted octanol–water partition coefficient (Wildman–Crippen LogP) is 5.84. The molecule has 0 atom stereocenters. The van der Waals surface area contributed by atoms with Crippen molar-refractivity contribution in [2.75, 3.05) is 5.32 Å². The zero-order chi connectivity index (χ0) is 22.0. The van der Waals surface area contributed by atoms with Crippen LogP contribution in [0.5, 0.6) is 5.75 Å². The highest BCUT2D eigenvalue weighted by Gasteiger charge is 2.15. The summed E-state index contributed by atoms with van der Waals surface area (Å²) < 4.78 is 7.83. The number of nitrogens with zero attached hydrogens (tertiary/aromatic N) is 3. The van der Waals surface area contributed by atoms with Gasteiger partial charge in [-0.25, -0.2) is 4.98 Å². The first kappa shape index (κ1) is 21.3. The molecule has 0 saturated heterocycles. The number of hydrogen-bond donors (Lipinski definition) is 1. The number of amides is 1. The van der Waals surface area contributed by atoms with Crippen LogP contribution < -0.4 is 10.1 Å². The Labute approximate surface area is 189 Å². The minimum absolute atomic E-state index is 0.162. The fourth-order valence-electron chi connectivity index (χ4n) is 3.16. The van der Waals surface area contributed by atoms with Gasteiger partial charge in [-0.3, -0.25) is 14.8 Å². The number of aromatic nitrogens is 3. The highest BCUT2D eigenvalue weighted by Crippen LogP contribution is 2.28. The average molecular weight is 453 g/mol. The lowest BCUT2D eigenvalue weighted by atomic mass is 10.1. The quantitative estimate of drug-likeness (QED) is 0.382. The van der Waals surface area contributed by atoms with Gasteiger partial charge in [0.05, 0.1) is 16.3 Å². The second kappa shape index (κ2) is 9.03. The van der Waals surface area contributed by atoms with Gasteiger partial charge in [0.2, 0.25) is 0 Å². The Hall–Kier alpha value is -2.97. The molecule has 3 heterocycles. The van der Waals surface area contributed by atoms with Crippen molar-refractivity contribution >= 4 is 33.7 Å². The van der Waals surface area contributed by atoms with Gasteiger partial charge in [-0.15, -0.1) is 22.7 Å². The van der Waals surface area contributed by atoms with E-state index in [-0.39, 0.29) is 5.91 Å². The Bertz CT molecular complexity index is 1220. The fourth-order valence-corrected chi connectivity index (χ4v) is 4.65. The van der Waals surface area contributed by atoms with Crippen molar-refractivity contribution in [2.24, 2.45) is 0 Å². The summed E-state index contributed by atoms with van der Waals surface area (Å²) in [5.74, 6) is 0.707. The molecule has 0 bridgehead atoms. The van der Waals surface area contributed by atoms with Gasteiger partial charge in [0.1, 0.15) is 12.4 Å². The molecule has 31 heavy (non-hydrogen) atoms. The van der Waals surface area contributed by atoms with E-state index in [1.165, 1.54) is 28.2 Å². The maximum Gasteiger partial charge on any atom is 0.267 e. The molecular weight excluding hydrogens is 428 g/mol. The van der Waals surface area contributed by atoms with E-state index in [4.69, 9.17) is 4.74 Å². The van der Waals surface area contributed by atoms with Crippen LogP contribution in [0.25, 0.3) is 11.3 Å². The van der Waals surface area contributed by atoms with Gasteiger partial charge in [0.25, 0.3) is 5.91 Å². The van der Waals surface area contributed by atoms with Crippen LogP contribution in [-0.2, 0) is 13.2 Å². The molecule has 0 aliphatic carbocycles. The Balaban J connectivity index is 1.39. The largest absolute Gasteiger partial charge is 0.489 e. The number of carbonyl (C=O) groups is 1. The van der Waals surface area contributed by atoms with Gasteiger partial charge in [-0.05, 0) is 56.3 Å². The van der Waals surface area contributed by atoms with Gasteiger partial charge in [0, 0.05) is 29.2 Å². The maximum atomic E-state index is 12.7. The third kappa shape index (κ3) is 4.70. The number of nitrogens with one attached hydrogen (secondary N) is 1. The summed E-state index contributed by atoms with van der Waals surface area (Å²) in [5, 5.41) is 11.8. The minimum Gasteiger partial charge on any atom is -0.489 e. The van der Waals surface area contributed by atoms with Crippen molar-refractivity contribution in [3.63, 3.8) is 0 Å². The molecule has 8 heteroatoms. The SMILES string of the molecule is CCn1cc(-c2csc(NC(=O)c3cc(COc4cccc(C)c4C)cs3)n2)c(C)n1. The number of hydrogen-bond acceptors (Lipinski definition) is 6. The van der Waals surface area contributed by atoms with Crippen molar-refractivity contribution in [1.82, 2.24) is 14.8 Å². The molecule has 4 rings (SSSR count). The van der Waals surface area contributed by atoms with Crippen LogP contribution in [0.15, 0.2) is 41.2 Å². The second-order valence-electron chi connectivity index (χ2n) is 7.28. The van der Waals surface area contributed by atoms with Crippen molar-refractivity contribution in [3.05, 3.63) is 68.5 Å².